The molecule has 0 saturated carbocycles. The van der Waals surface area contributed by atoms with Gasteiger partial charge in [0.2, 0.25) is 0 Å². The number of aliphatic hydroxyl groups is 1. The molecule has 0 saturated heterocycles. The zero-order chi connectivity index (χ0) is 16.7. The number of aryl methyl sites for hydroxylation is 2. The molecular formula is C17H23N3O3. The second kappa shape index (κ2) is 8.33. The normalized spacial score (nSPS) is 12.0. The Balaban J connectivity index is 1.81. The molecule has 1 unspecified atom stereocenters. The van der Waals surface area contributed by atoms with E-state index in [0.29, 0.717) is 5.75 Å². The number of carbonyl (C=O) groups is 1. The average molecular weight is 317 g/mol. The number of hydrogen-bond donors (Lipinski definition) is 2. The third-order valence-corrected chi connectivity index (χ3v) is 3.48. The Morgan fingerprint density at radius 3 is 2.96 bits per heavy atom. The van der Waals surface area contributed by atoms with E-state index in [4.69, 9.17) is 4.74 Å². The minimum atomic E-state index is -1.22. The van der Waals surface area contributed by atoms with Gasteiger partial charge >= 0.3 is 0 Å². The molecule has 0 aliphatic carbocycles. The molecule has 2 aromatic rings. The van der Waals surface area contributed by atoms with E-state index in [1.807, 2.05) is 42.0 Å². The lowest BCUT2D eigenvalue weighted by Gasteiger charge is -2.14. The third-order valence-electron chi connectivity index (χ3n) is 3.48. The monoisotopic (exact) mass is 317 g/mol. The summed E-state index contributed by atoms with van der Waals surface area (Å²) in [4.78, 5) is 16.1. The van der Waals surface area contributed by atoms with Crippen molar-refractivity contribution in [2.75, 3.05) is 6.61 Å². The number of amides is 1. The molecule has 0 aliphatic heterocycles. The van der Waals surface area contributed by atoms with Crippen LogP contribution >= 0.6 is 0 Å². The zero-order valence-corrected chi connectivity index (χ0v) is 13.5. The topological polar surface area (TPSA) is 76.4 Å². The number of imidazole rings is 1. The fourth-order valence-corrected chi connectivity index (χ4v) is 2.20. The number of para-hydroxylation sites is 1. The van der Waals surface area contributed by atoms with E-state index in [-0.39, 0.29) is 13.2 Å². The van der Waals surface area contributed by atoms with Gasteiger partial charge in [-0.2, -0.15) is 0 Å². The summed E-state index contributed by atoms with van der Waals surface area (Å²) in [5, 5.41) is 12.6. The van der Waals surface area contributed by atoms with Crippen LogP contribution in [0.1, 0.15) is 24.7 Å². The predicted molar refractivity (Wildman–Crippen MR) is 87.0 cm³/mol. The van der Waals surface area contributed by atoms with Crippen molar-refractivity contribution in [3.05, 3.63) is 48.0 Å². The molecule has 6 heteroatoms. The lowest BCUT2D eigenvalue weighted by molar-refractivity contribution is -0.130. The maximum Gasteiger partial charge on any atom is 0.252 e. The number of hydrogen-bond acceptors (Lipinski definition) is 4. The molecule has 124 valence electrons. The van der Waals surface area contributed by atoms with Gasteiger partial charge in [-0.05, 0) is 25.0 Å². The van der Waals surface area contributed by atoms with Crippen LogP contribution in [-0.2, 0) is 17.9 Å². The average Bonchev–Trinajstić information content (AvgIpc) is 2.99. The standard InChI is InChI=1S/C17H23N3O3/c1-3-9-20-10-8-18-16(20)11-19-17(22)14(21)12-23-15-7-5-4-6-13(15)2/h4-8,10,14,21H,3,9,11-12H2,1-2H3,(H,19,22). The lowest BCUT2D eigenvalue weighted by atomic mass is 10.2. The number of aromatic nitrogens is 2. The van der Waals surface area contributed by atoms with E-state index in [1.165, 1.54) is 0 Å². The van der Waals surface area contributed by atoms with Crippen LogP contribution in [0.2, 0.25) is 0 Å². The van der Waals surface area contributed by atoms with Gasteiger partial charge < -0.3 is 19.7 Å². The van der Waals surface area contributed by atoms with Crippen LogP contribution in [0.25, 0.3) is 0 Å². The molecule has 0 fully saturated rings. The van der Waals surface area contributed by atoms with Crippen LogP contribution in [0.4, 0.5) is 0 Å². The summed E-state index contributed by atoms with van der Waals surface area (Å²) < 4.78 is 7.47. The molecule has 2 rings (SSSR count). The quantitative estimate of drug-likeness (QED) is 0.776. The molecule has 1 heterocycles. The Kier molecular flexibility index (Phi) is 6.17. The summed E-state index contributed by atoms with van der Waals surface area (Å²) in [6, 6.07) is 7.48. The minimum absolute atomic E-state index is 0.0832. The molecule has 1 aromatic heterocycles. The third kappa shape index (κ3) is 4.82. The van der Waals surface area contributed by atoms with E-state index < -0.39 is 12.0 Å². The maximum absolute atomic E-state index is 11.9. The summed E-state index contributed by atoms with van der Waals surface area (Å²) in [6.07, 6.45) is 3.35. The minimum Gasteiger partial charge on any atom is -0.490 e. The molecule has 0 radical (unpaired) electrons. The summed E-state index contributed by atoms with van der Waals surface area (Å²) in [7, 11) is 0. The van der Waals surface area contributed by atoms with Crippen molar-refractivity contribution in [2.45, 2.75) is 39.5 Å². The molecule has 1 amide bonds. The van der Waals surface area contributed by atoms with Gasteiger partial charge in [-0.1, -0.05) is 25.1 Å². The SMILES string of the molecule is CCCn1ccnc1CNC(=O)C(O)COc1ccccc1C. The Labute approximate surface area is 136 Å². The van der Waals surface area contributed by atoms with E-state index >= 15 is 0 Å². The maximum atomic E-state index is 11.9. The van der Waals surface area contributed by atoms with Crippen LogP contribution in [0.15, 0.2) is 36.7 Å². The lowest BCUT2D eigenvalue weighted by Crippen LogP contribution is -2.38. The largest absolute Gasteiger partial charge is 0.490 e. The fraction of sp³-hybridized carbons (Fsp3) is 0.412. The second-order valence-electron chi connectivity index (χ2n) is 5.35. The van der Waals surface area contributed by atoms with Crippen molar-refractivity contribution < 1.29 is 14.6 Å². The second-order valence-corrected chi connectivity index (χ2v) is 5.35. The summed E-state index contributed by atoms with van der Waals surface area (Å²) >= 11 is 0. The molecule has 0 spiro atoms. The van der Waals surface area contributed by atoms with Crippen molar-refractivity contribution in [3.8, 4) is 5.75 Å². The highest BCUT2D eigenvalue weighted by molar-refractivity contribution is 5.80. The molecule has 23 heavy (non-hydrogen) atoms. The Hall–Kier alpha value is -2.34. The zero-order valence-electron chi connectivity index (χ0n) is 13.5. The van der Waals surface area contributed by atoms with Gasteiger partial charge in [0.25, 0.3) is 5.91 Å². The Morgan fingerprint density at radius 1 is 1.43 bits per heavy atom. The van der Waals surface area contributed by atoms with E-state index in [0.717, 1.165) is 24.4 Å². The van der Waals surface area contributed by atoms with Crippen LogP contribution in [0.5, 0.6) is 5.75 Å². The number of benzene rings is 1. The van der Waals surface area contributed by atoms with Crippen LogP contribution in [-0.4, -0.2) is 33.3 Å². The van der Waals surface area contributed by atoms with Crippen molar-refractivity contribution >= 4 is 5.91 Å². The van der Waals surface area contributed by atoms with E-state index in [9.17, 15) is 9.90 Å². The molecular weight excluding hydrogens is 294 g/mol. The highest BCUT2D eigenvalue weighted by atomic mass is 16.5. The first-order chi connectivity index (χ1) is 11.1. The molecule has 0 bridgehead atoms. The van der Waals surface area contributed by atoms with Gasteiger partial charge in [0.05, 0.1) is 6.54 Å². The fourth-order valence-electron chi connectivity index (χ4n) is 2.20. The van der Waals surface area contributed by atoms with Crippen molar-refractivity contribution in [1.82, 2.24) is 14.9 Å². The molecule has 1 aromatic carbocycles. The van der Waals surface area contributed by atoms with Crippen molar-refractivity contribution in [2.24, 2.45) is 0 Å². The first-order valence-electron chi connectivity index (χ1n) is 7.76. The number of rotatable bonds is 8. The molecule has 1 atom stereocenters. The van der Waals surface area contributed by atoms with Crippen LogP contribution in [0.3, 0.4) is 0 Å². The highest BCUT2D eigenvalue weighted by Crippen LogP contribution is 2.16. The first kappa shape index (κ1) is 17.0. The van der Waals surface area contributed by atoms with E-state index in [2.05, 4.69) is 17.2 Å². The van der Waals surface area contributed by atoms with E-state index in [1.54, 1.807) is 6.20 Å². The first-order valence-corrected chi connectivity index (χ1v) is 7.76. The summed E-state index contributed by atoms with van der Waals surface area (Å²) in [6.45, 7) is 5.04. The highest BCUT2D eigenvalue weighted by Gasteiger charge is 2.16. The predicted octanol–water partition coefficient (Wildman–Crippen LogP) is 1.66. The number of carbonyl (C=O) groups excluding carboxylic acids is 1. The summed E-state index contributed by atoms with van der Waals surface area (Å²) in [5.74, 6) is 0.967. The van der Waals surface area contributed by atoms with Crippen molar-refractivity contribution in [1.29, 1.82) is 0 Å². The van der Waals surface area contributed by atoms with Crippen molar-refractivity contribution in [3.63, 3.8) is 0 Å². The van der Waals surface area contributed by atoms with Gasteiger partial charge in [0.1, 0.15) is 18.2 Å². The smallest absolute Gasteiger partial charge is 0.252 e. The number of ether oxygens (including phenoxy) is 1. The number of nitrogens with zero attached hydrogens (tertiary/aromatic N) is 2. The van der Waals surface area contributed by atoms with Gasteiger partial charge in [-0.3, -0.25) is 4.79 Å². The Bertz CT molecular complexity index is 640. The van der Waals surface area contributed by atoms with Crippen LogP contribution < -0.4 is 10.1 Å². The van der Waals surface area contributed by atoms with Gasteiger partial charge in [-0.25, -0.2) is 4.98 Å². The number of nitrogens with one attached hydrogen (secondary N) is 1. The van der Waals surface area contributed by atoms with Gasteiger partial charge in [0.15, 0.2) is 6.10 Å². The Morgan fingerprint density at radius 2 is 2.22 bits per heavy atom. The molecule has 6 nitrogen and oxygen atoms in total. The summed E-state index contributed by atoms with van der Waals surface area (Å²) in [5.41, 5.74) is 0.960. The number of aliphatic hydroxyl groups excluding tert-OH is 1. The molecule has 0 aliphatic rings. The van der Waals surface area contributed by atoms with Crippen LogP contribution in [0, 0.1) is 6.92 Å². The van der Waals surface area contributed by atoms with Gasteiger partial charge in [0, 0.05) is 18.9 Å². The molecule has 2 N–H and O–H groups in total. The van der Waals surface area contributed by atoms with Gasteiger partial charge in [-0.15, -0.1) is 0 Å².